The number of aromatic nitrogens is 2. The van der Waals surface area contributed by atoms with E-state index < -0.39 is 0 Å². The zero-order valence-electron chi connectivity index (χ0n) is 18.8. The van der Waals surface area contributed by atoms with Gasteiger partial charge in [-0.05, 0) is 50.5 Å². The third kappa shape index (κ3) is 5.34. The number of piperazine rings is 1. The number of nitrogens with zero attached hydrogens (tertiary/aromatic N) is 4. The standard InChI is InChI=1S/C26H34N4O/c1-21(2)30-20-22(24-10-3-4-11-25(24)30)8-7-12-26(31)29-18-16-28(17-19-29)15-13-23-9-5-6-14-27-23/h3-6,9-11,14,20-21H,7-8,12-13,15-19H2,1-2H3. The minimum absolute atomic E-state index is 0.303. The number of aryl methyl sites for hydroxylation is 1. The fourth-order valence-corrected chi connectivity index (χ4v) is 4.53. The molecule has 0 saturated carbocycles. The number of amides is 1. The molecule has 0 bridgehead atoms. The van der Waals surface area contributed by atoms with Gasteiger partial charge in [-0.1, -0.05) is 24.3 Å². The summed E-state index contributed by atoms with van der Waals surface area (Å²) in [6, 6.07) is 15.1. The van der Waals surface area contributed by atoms with Crippen molar-refractivity contribution >= 4 is 16.8 Å². The second-order valence-corrected chi connectivity index (χ2v) is 8.82. The molecule has 1 aliphatic rings. The fraction of sp³-hybridized carbons (Fsp3) is 0.462. The summed E-state index contributed by atoms with van der Waals surface area (Å²) in [5.74, 6) is 0.303. The lowest BCUT2D eigenvalue weighted by Crippen LogP contribution is -2.49. The molecular weight excluding hydrogens is 384 g/mol. The number of carbonyl (C=O) groups excluding carboxylic acids is 1. The first-order valence-corrected chi connectivity index (χ1v) is 11.6. The van der Waals surface area contributed by atoms with Crippen LogP contribution in [0, 0.1) is 0 Å². The minimum Gasteiger partial charge on any atom is -0.345 e. The number of hydrogen-bond donors (Lipinski definition) is 0. The highest BCUT2D eigenvalue weighted by Crippen LogP contribution is 2.26. The van der Waals surface area contributed by atoms with Crippen molar-refractivity contribution in [2.75, 3.05) is 32.7 Å². The van der Waals surface area contributed by atoms with Crippen LogP contribution in [0.3, 0.4) is 0 Å². The molecule has 5 nitrogen and oxygen atoms in total. The van der Waals surface area contributed by atoms with E-state index in [1.807, 2.05) is 18.3 Å². The van der Waals surface area contributed by atoms with Crippen molar-refractivity contribution in [3.8, 4) is 0 Å². The zero-order valence-corrected chi connectivity index (χ0v) is 18.8. The van der Waals surface area contributed by atoms with Gasteiger partial charge in [0.25, 0.3) is 0 Å². The van der Waals surface area contributed by atoms with Gasteiger partial charge in [-0.15, -0.1) is 0 Å². The molecule has 4 rings (SSSR count). The van der Waals surface area contributed by atoms with Crippen molar-refractivity contribution in [1.29, 1.82) is 0 Å². The predicted molar refractivity (Wildman–Crippen MR) is 126 cm³/mol. The topological polar surface area (TPSA) is 41.4 Å². The summed E-state index contributed by atoms with van der Waals surface area (Å²) in [7, 11) is 0. The number of benzene rings is 1. The molecule has 1 fully saturated rings. The van der Waals surface area contributed by atoms with Crippen LogP contribution >= 0.6 is 0 Å². The van der Waals surface area contributed by atoms with Gasteiger partial charge in [0.05, 0.1) is 0 Å². The summed E-state index contributed by atoms with van der Waals surface area (Å²) >= 11 is 0. The monoisotopic (exact) mass is 418 g/mol. The molecule has 0 spiro atoms. The van der Waals surface area contributed by atoms with E-state index >= 15 is 0 Å². The van der Waals surface area contributed by atoms with Crippen molar-refractivity contribution in [2.45, 2.75) is 45.6 Å². The van der Waals surface area contributed by atoms with Crippen LogP contribution in [-0.4, -0.2) is 58.0 Å². The molecule has 1 amide bonds. The lowest BCUT2D eigenvalue weighted by Gasteiger charge is -2.34. The molecule has 3 heterocycles. The molecule has 2 aromatic heterocycles. The summed E-state index contributed by atoms with van der Waals surface area (Å²) in [6.45, 7) is 9.05. The first-order chi connectivity index (χ1) is 15.1. The van der Waals surface area contributed by atoms with Gasteiger partial charge in [0.2, 0.25) is 5.91 Å². The number of carbonyl (C=O) groups is 1. The lowest BCUT2D eigenvalue weighted by atomic mass is 10.1. The van der Waals surface area contributed by atoms with Crippen LogP contribution in [0.1, 0.15) is 44.0 Å². The Morgan fingerprint density at radius 1 is 1.00 bits per heavy atom. The van der Waals surface area contributed by atoms with E-state index in [0.29, 0.717) is 18.4 Å². The van der Waals surface area contributed by atoms with Gasteiger partial charge in [-0.2, -0.15) is 0 Å². The van der Waals surface area contributed by atoms with Gasteiger partial charge in [-0.25, -0.2) is 0 Å². The van der Waals surface area contributed by atoms with E-state index in [4.69, 9.17) is 0 Å². The van der Waals surface area contributed by atoms with Gasteiger partial charge in [0.15, 0.2) is 0 Å². The zero-order chi connectivity index (χ0) is 21.6. The molecule has 31 heavy (non-hydrogen) atoms. The highest BCUT2D eigenvalue weighted by atomic mass is 16.2. The van der Waals surface area contributed by atoms with Gasteiger partial charge in [-0.3, -0.25) is 14.7 Å². The lowest BCUT2D eigenvalue weighted by molar-refractivity contribution is -0.133. The third-order valence-electron chi connectivity index (χ3n) is 6.35. The number of pyridine rings is 1. The minimum atomic E-state index is 0.303. The summed E-state index contributed by atoms with van der Waals surface area (Å²) < 4.78 is 2.34. The molecule has 0 N–H and O–H groups in total. The first kappa shape index (κ1) is 21.6. The average molecular weight is 419 g/mol. The van der Waals surface area contributed by atoms with E-state index in [0.717, 1.165) is 57.7 Å². The molecule has 5 heteroatoms. The first-order valence-electron chi connectivity index (χ1n) is 11.6. The molecular formula is C26H34N4O. The van der Waals surface area contributed by atoms with Crippen LogP contribution in [-0.2, 0) is 17.6 Å². The molecule has 1 aliphatic heterocycles. The average Bonchev–Trinajstić information content (AvgIpc) is 3.18. The maximum absolute atomic E-state index is 12.7. The van der Waals surface area contributed by atoms with Crippen LogP contribution in [0.4, 0.5) is 0 Å². The summed E-state index contributed by atoms with van der Waals surface area (Å²) in [4.78, 5) is 21.6. The van der Waals surface area contributed by atoms with Crippen molar-refractivity contribution in [2.24, 2.45) is 0 Å². The summed E-state index contributed by atoms with van der Waals surface area (Å²) in [5.41, 5.74) is 3.79. The van der Waals surface area contributed by atoms with Crippen LogP contribution in [0.2, 0.25) is 0 Å². The normalized spacial score (nSPS) is 15.1. The molecule has 0 unspecified atom stereocenters. The Kier molecular flexibility index (Phi) is 7.03. The number of hydrogen-bond acceptors (Lipinski definition) is 3. The van der Waals surface area contributed by atoms with E-state index in [1.165, 1.54) is 16.5 Å². The largest absolute Gasteiger partial charge is 0.345 e. The second-order valence-electron chi connectivity index (χ2n) is 8.82. The fourth-order valence-electron chi connectivity index (χ4n) is 4.53. The molecule has 0 radical (unpaired) electrons. The maximum atomic E-state index is 12.7. The predicted octanol–water partition coefficient (Wildman–Crippen LogP) is 4.33. The molecule has 164 valence electrons. The number of para-hydroxylation sites is 1. The highest BCUT2D eigenvalue weighted by molar-refractivity contribution is 5.84. The van der Waals surface area contributed by atoms with Crippen LogP contribution < -0.4 is 0 Å². The van der Waals surface area contributed by atoms with Crippen molar-refractivity contribution in [1.82, 2.24) is 19.4 Å². The molecule has 1 aromatic carbocycles. The van der Waals surface area contributed by atoms with Gasteiger partial charge in [0.1, 0.15) is 0 Å². The quantitative estimate of drug-likeness (QED) is 0.547. The van der Waals surface area contributed by atoms with Gasteiger partial charge in [0, 0.05) is 80.6 Å². The van der Waals surface area contributed by atoms with E-state index in [-0.39, 0.29) is 0 Å². The molecule has 3 aromatic rings. The van der Waals surface area contributed by atoms with E-state index in [2.05, 4.69) is 69.7 Å². The second kappa shape index (κ2) is 10.1. The van der Waals surface area contributed by atoms with Crippen LogP contribution in [0.15, 0.2) is 54.9 Å². The van der Waals surface area contributed by atoms with Crippen molar-refractivity contribution < 1.29 is 4.79 Å². The third-order valence-corrected chi connectivity index (χ3v) is 6.35. The maximum Gasteiger partial charge on any atom is 0.222 e. The number of rotatable bonds is 8. The summed E-state index contributed by atoms with van der Waals surface area (Å²) in [5, 5.41) is 1.32. The molecule has 0 atom stereocenters. The Bertz CT molecular complexity index is 987. The van der Waals surface area contributed by atoms with E-state index in [9.17, 15) is 4.79 Å². The van der Waals surface area contributed by atoms with Gasteiger partial charge >= 0.3 is 0 Å². The van der Waals surface area contributed by atoms with Crippen molar-refractivity contribution in [3.05, 3.63) is 66.1 Å². The Labute approximate surface area is 185 Å². The van der Waals surface area contributed by atoms with Crippen molar-refractivity contribution in [3.63, 3.8) is 0 Å². The Balaban J connectivity index is 1.23. The molecule has 0 aliphatic carbocycles. The SMILES string of the molecule is CC(C)n1cc(CCCC(=O)N2CCN(CCc3ccccn3)CC2)c2ccccc21. The Morgan fingerprint density at radius 2 is 1.77 bits per heavy atom. The van der Waals surface area contributed by atoms with Gasteiger partial charge < -0.3 is 9.47 Å². The van der Waals surface area contributed by atoms with Crippen LogP contribution in [0.5, 0.6) is 0 Å². The Morgan fingerprint density at radius 3 is 2.52 bits per heavy atom. The van der Waals surface area contributed by atoms with E-state index in [1.54, 1.807) is 0 Å². The number of fused-ring (bicyclic) bond motifs is 1. The summed E-state index contributed by atoms with van der Waals surface area (Å²) in [6.07, 6.45) is 7.60. The highest BCUT2D eigenvalue weighted by Gasteiger charge is 2.21. The van der Waals surface area contributed by atoms with Crippen LogP contribution in [0.25, 0.3) is 10.9 Å². The Hall–Kier alpha value is -2.66. The molecule has 1 saturated heterocycles. The smallest absolute Gasteiger partial charge is 0.222 e.